The van der Waals surface area contributed by atoms with Crippen molar-refractivity contribution < 1.29 is 18.8 Å². The summed E-state index contributed by atoms with van der Waals surface area (Å²) in [6.07, 6.45) is 0.825. The van der Waals surface area contributed by atoms with Crippen LogP contribution in [0.2, 0.25) is 0 Å². The van der Waals surface area contributed by atoms with Crippen LogP contribution in [0.15, 0.2) is 24.3 Å². The zero-order valence-electron chi connectivity index (χ0n) is 13.0. The van der Waals surface area contributed by atoms with E-state index in [1.807, 2.05) is 6.92 Å². The van der Waals surface area contributed by atoms with Gasteiger partial charge in [0.2, 0.25) is 17.7 Å². The summed E-state index contributed by atoms with van der Waals surface area (Å²) in [5, 5.41) is 5.17. The molecular weight excluding hydrogens is 301 g/mol. The van der Waals surface area contributed by atoms with Crippen molar-refractivity contribution in [3.8, 4) is 0 Å². The van der Waals surface area contributed by atoms with Crippen LogP contribution in [0.5, 0.6) is 0 Å². The number of nitrogens with one attached hydrogen (secondary N) is 2. The molecule has 0 aromatic heterocycles. The first-order valence-electron chi connectivity index (χ1n) is 7.62. The molecule has 1 heterocycles. The van der Waals surface area contributed by atoms with Crippen molar-refractivity contribution in [2.75, 3.05) is 24.5 Å². The Morgan fingerprint density at radius 2 is 2.04 bits per heavy atom. The van der Waals surface area contributed by atoms with Crippen LogP contribution >= 0.6 is 0 Å². The Hall–Kier alpha value is -2.44. The molecule has 7 heteroatoms. The van der Waals surface area contributed by atoms with E-state index in [0.717, 1.165) is 6.42 Å². The minimum atomic E-state index is -0.582. The van der Waals surface area contributed by atoms with E-state index in [1.54, 1.807) is 12.1 Å². The van der Waals surface area contributed by atoms with E-state index in [9.17, 15) is 18.8 Å². The molecule has 1 fully saturated rings. The van der Waals surface area contributed by atoms with E-state index in [4.69, 9.17) is 0 Å². The first-order valence-corrected chi connectivity index (χ1v) is 7.62. The molecule has 1 aromatic rings. The molecule has 1 atom stereocenters. The average molecular weight is 321 g/mol. The van der Waals surface area contributed by atoms with Gasteiger partial charge in [-0.3, -0.25) is 14.4 Å². The zero-order valence-corrected chi connectivity index (χ0v) is 13.0. The highest BCUT2D eigenvalue weighted by molar-refractivity contribution is 6.00. The molecule has 0 bridgehead atoms. The van der Waals surface area contributed by atoms with E-state index in [2.05, 4.69) is 10.6 Å². The lowest BCUT2D eigenvalue weighted by Gasteiger charge is -2.17. The number of amides is 3. The van der Waals surface area contributed by atoms with E-state index in [0.29, 0.717) is 6.54 Å². The van der Waals surface area contributed by atoms with Gasteiger partial charge >= 0.3 is 0 Å². The van der Waals surface area contributed by atoms with Gasteiger partial charge in [0.15, 0.2) is 0 Å². The molecule has 1 aliphatic rings. The lowest BCUT2D eigenvalue weighted by molar-refractivity contribution is -0.128. The van der Waals surface area contributed by atoms with Gasteiger partial charge in [-0.25, -0.2) is 4.39 Å². The van der Waals surface area contributed by atoms with Gasteiger partial charge in [0, 0.05) is 19.5 Å². The summed E-state index contributed by atoms with van der Waals surface area (Å²) in [5.74, 6) is -2.02. The van der Waals surface area contributed by atoms with Crippen molar-refractivity contribution in [3.63, 3.8) is 0 Å². The highest BCUT2D eigenvalue weighted by Crippen LogP contribution is 2.27. The summed E-state index contributed by atoms with van der Waals surface area (Å²) in [7, 11) is 0. The third kappa shape index (κ3) is 4.28. The molecule has 0 saturated carbocycles. The third-order valence-corrected chi connectivity index (χ3v) is 3.63. The number of hydrogen-bond donors (Lipinski definition) is 2. The normalized spacial score (nSPS) is 17.2. The molecule has 2 rings (SSSR count). The SMILES string of the molecule is CCCNC(=O)CNC(=O)C1CC(=O)N(c2ccccc2F)C1. The van der Waals surface area contributed by atoms with Gasteiger partial charge < -0.3 is 15.5 Å². The maximum atomic E-state index is 13.8. The van der Waals surface area contributed by atoms with Crippen LogP contribution in [0.4, 0.5) is 10.1 Å². The number of benzene rings is 1. The van der Waals surface area contributed by atoms with E-state index in [-0.39, 0.29) is 42.9 Å². The number of carbonyl (C=O) groups is 3. The molecule has 0 radical (unpaired) electrons. The average Bonchev–Trinajstić information content (AvgIpc) is 2.93. The molecule has 23 heavy (non-hydrogen) atoms. The maximum absolute atomic E-state index is 13.8. The topological polar surface area (TPSA) is 78.5 Å². The van der Waals surface area contributed by atoms with Crippen LogP contribution in [0.25, 0.3) is 0 Å². The Morgan fingerprint density at radius 1 is 1.30 bits per heavy atom. The van der Waals surface area contributed by atoms with Gasteiger partial charge in [0.1, 0.15) is 5.82 Å². The Balaban J connectivity index is 1.91. The predicted molar refractivity (Wildman–Crippen MR) is 83.2 cm³/mol. The maximum Gasteiger partial charge on any atom is 0.239 e. The Labute approximate surface area is 134 Å². The number of nitrogens with zero attached hydrogens (tertiary/aromatic N) is 1. The van der Waals surface area contributed by atoms with Crippen LogP contribution in [0.1, 0.15) is 19.8 Å². The first kappa shape index (κ1) is 16.9. The molecule has 0 aliphatic carbocycles. The fourth-order valence-corrected chi connectivity index (χ4v) is 2.43. The largest absolute Gasteiger partial charge is 0.355 e. The minimum absolute atomic E-state index is 0.0107. The predicted octanol–water partition coefficient (Wildman–Crippen LogP) is 0.821. The van der Waals surface area contributed by atoms with Gasteiger partial charge in [0.25, 0.3) is 0 Å². The van der Waals surface area contributed by atoms with Crippen LogP contribution in [0, 0.1) is 11.7 Å². The molecule has 1 saturated heterocycles. The Morgan fingerprint density at radius 3 is 2.74 bits per heavy atom. The van der Waals surface area contributed by atoms with Crippen molar-refractivity contribution in [1.82, 2.24) is 10.6 Å². The van der Waals surface area contributed by atoms with Crippen LogP contribution in [-0.2, 0) is 14.4 Å². The fraction of sp³-hybridized carbons (Fsp3) is 0.438. The molecule has 6 nitrogen and oxygen atoms in total. The fourth-order valence-electron chi connectivity index (χ4n) is 2.43. The Kier molecular flexibility index (Phi) is 5.67. The summed E-state index contributed by atoms with van der Waals surface area (Å²) in [5.41, 5.74) is 0.175. The summed E-state index contributed by atoms with van der Waals surface area (Å²) in [6.45, 7) is 2.48. The van der Waals surface area contributed by atoms with Gasteiger partial charge in [-0.05, 0) is 18.6 Å². The highest BCUT2D eigenvalue weighted by Gasteiger charge is 2.36. The molecule has 1 aromatic carbocycles. The smallest absolute Gasteiger partial charge is 0.239 e. The molecule has 3 amide bonds. The molecule has 1 unspecified atom stereocenters. The van der Waals surface area contributed by atoms with Crippen LogP contribution < -0.4 is 15.5 Å². The summed E-state index contributed by atoms with van der Waals surface area (Å²) in [6, 6.07) is 5.95. The van der Waals surface area contributed by atoms with Crippen molar-refractivity contribution in [2.45, 2.75) is 19.8 Å². The molecule has 124 valence electrons. The van der Waals surface area contributed by atoms with Crippen LogP contribution in [-0.4, -0.2) is 37.4 Å². The lowest BCUT2D eigenvalue weighted by Crippen LogP contribution is -2.40. The number of rotatable bonds is 6. The highest BCUT2D eigenvalue weighted by atomic mass is 19.1. The molecule has 0 spiro atoms. The molecule has 2 N–H and O–H groups in total. The van der Waals surface area contributed by atoms with Gasteiger partial charge in [-0.15, -0.1) is 0 Å². The first-order chi connectivity index (χ1) is 11.0. The minimum Gasteiger partial charge on any atom is -0.355 e. The van der Waals surface area contributed by atoms with Crippen molar-refractivity contribution in [2.24, 2.45) is 5.92 Å². The lowest BCUT2D eigenvalue weighted by atomic mass is 10.1. The quantitative estimate of drug-likeness (QED) is 0.814. The standard InChI is InChI=1S/C16H20FN3O3/c1-2-7-18-14(21)9-19-16(23)11-8-15(22)20(10-11)13-6-4-3-5-12(13)17/h3-6,11H,2,7-10H2,1H3,(H,18,21)(H,19,23). The number of hydrogen-bond acceptors (Lipinski definition) is 3. The summed E-state index contributed by atoms with van der Waals surface area (Å²) < 4.78 is 13.8. The molecular formula is C16H20FN3O3. The van der Waals surface area contributed by atoms with E-state index >= 15 is 0 Å². The Bertz CT molecular complexity index is 606. The van der Waals surface area contributed by atoms with Gasteiger partial charge in [-0.1, -0.05) is 19.1 Å². The number of anilines is 1. The second kappa shape index (κ2) is 7.71. The van der Waals surface area contributed by atoms with Crippen LogP contribution in [0.3, 0.4) is 0 Å². The van der Waals surface area contributed by atoms with E-state index in [1.165, 1.54) is 17.0 Å². The van der Waals surface area contributed by atoms with Crippen molar-refractivity contribution >= 4 is 23.4 Å². The third-order valence-electron chi connectivity index (χ3n) is 3.63. The summed E-state index contributed by atoms with van der Waals surface area (Å²) >= 11 is 0. The monoisotopic (exact) mass is 321 g/mol. The number of para-hydroxylation sites is 1. The van der Waals surface area contributed by atoms with Gasteiger partial charge in [-0.2, -0.15) is 0 Å². The van der Waals surface area contributed by atoms with Crippen molar-refractivity contribution in [3.05, 3.63) is 30.1 Å². The second-order valence-corrected chi connectivity index (χ2v) is 5.42. The zero-order chi connectivity index (χ0) is 16.8. The van der Waals surface area contributed by atoms with Gasteiger partial charge in [0.05, 0.1) is 18.2 Å². The second-order valence-electron chi connectivity index (χ2n) is 5.42. The van der Waals surface area contributed by atoms with Crippen molar-refractivity contribution in [1.29, 1.82) is 0 Å². The summed E-state index contributed by atoms with van der Waals surface area (Å²) in [4.78, 5) is 36.8. The van der Waals surface area contributed by atoms with E-state index < -0.39 is 11.7 Å². The number of halogens is 1. The molecule has 1 aliphatic heterocycles. The number of carbonyl (C=O) groups excluding carboxylic acids is 3.